The molecule has 0 saturated heterocycles. The smallest absolute Gasteiger partial charge is 0.328 e. The van der Waals surface area contributed by atoms with Crippen LogP contribution in [0.15, 0.2) is 0 Å². The van der Waals surface area contributed by atoms with Crippen LogP contribution in [-0.4, -0.2) is 38.2 Å². The predicted molar refractivity (Wildman–Crippen MR) is 59.9 cm³/mol. The summed E-state index contributed by atoms with van der Waals surface area (Å²) < 4.78 is 9.49. The Hall–Kier alpha value is -1.61. The average Bonchev–Trinajstić information content (AvgIpc) is 2.34. The molecule has 0 aromatic heterocycles. The standard InChI is InChI=1S/C11H18N2O4/c1-3-17-8-10(14)13-9(11(15)16-2)6-4-5-7-12/h9H,3-6,8H2,1-2H3,(H,13,14)/t9-/m1/s1. The first-order chi connectivity index (χ1) is 8.15. The van der Waals surface area contributed by atoms with Crippen LogP contribution in [0.5, 0.6) is 0 Å². The average molecular weight is 242 g/mol. The van der Waals surface area contributed by atoms with Gasteiger partial charge in [0.1, 0.15) is 12.6 Å². The molecular formula is C11H18N2O4. The Balaban J connectivity index is 4.14. The van der Waals surface area contributed by atoms with E-state index in [9.17, 15) is 9.59 Å². The summed E-state index contributed by atoms with van der Waals surface area (Å²) in [7, 11) is 1.26. The van der Waals surface area contributed by atoms with E-state index in [1.807, 2.05) is 6.07 Å². The zero-order chi connectivity index (χ0) is 13.1. The van der Waals surface area contributed by atoms with E-state index in [-0.39, 0.29) is 12.5 Å². The lowest BCUT2D eigenvalue weighted by Gasteiger charge is -2.15. The van der Waals surface area contributed by atoms with Crippen molar-refractivity contribution in [2.45, 2.75) is 32.2 Å². The van der Waals surface area contributed by atoms with Crippen molar-refractivity contribution in [3.8, 4) is 6.07 Å². The molecule has 0 aliphatic rings. The summed E-state index contributed by atoms with van der Waals surface area (Å²) >= 11 is 0. The van der Waals surface area contributed by atoms with Gasteiger partial charge in [-0.25, -0.2) is 4.79 Å². The Labute approximate surface area is 101 Å². The van der Waals surface area contributed by atoms with Crippen molar-refractivity contribution in [3.05, 3.63) is 0 Å². The van der Waals surface area contributed by atoms with E-state index in [1.165, 1.54) is 7.11 Å². The van der Waals surface area contributed by atoms with Gasteiger partial charge in [-0.1, -0.05) is 0 Å². The molecule has 0 saturated carbocycles. The van der Waals surface area contributed by atoms with Crippen LogP contribution in [0.4, 0.5) is 0 Å². The van der Waals surface area contributed by atoms with Gasteiger partial charge in [0.25, 0.3) is 0 Å². The Kier molecular flexibility index (Phi) is 8.69. The Morgan fingerprint density at radius 2 is 2.18 bits per heavy atom. The van der Waals surface area contributed by atoms with E-state index in [1.54, 1.807) is 6.92 Å². The fraction of sp³-hybridized carbons (Fsp3) is 0.727. The number of carbonyl (C=O) groups is 2. The molecule has 96 valence electrons. The summed E-state index contributed by atoms with van der Waals surface area (Å²) in [5, 5.41) is 10.9. The number of rotatable bonds is 8. The lowest BCUT2D eigenvalue weighted by atomic mass is 10.1. The second kappa shape index (κ2) is 9.60. The molecule has 0 bridgehead atoms. The summed E-state index contributed by atoms with van der Waals surface area (Å²) in [6.07, 6.45) is 1.26. The molecule has 1 N–H and O–H groups in total. The third-order valence-electron chi connectivity index (χ3n) is 2.04. The van der Waals surface area contributed by atoms with Crippen LogP contribution in [0.3, 0.4) is 0 Å². The predicted octanol–water partition coefficient (Wildman–Crippen LogP) is 0.375. The van der Waals surface area contributed by atoms with Gasteiger partial charge >= 0.3 is 5.97 Å². The van der Waals surface area contributed by atoms with Gasteiger partial charge in [-0.05, 0) is 19.8 Å². The van der Waals surface area contributed by atoms with Crippen molar-refractivity contribution in [2.75, 3.05) is 20.3 Å². The number of esters is 1. The number of ether oxygens (including phenoxy) is 2. The highest BCUT2D eigenvalue weighted by Gasteiger charge is 2.20. The normalized spacial score (nSPS) is 11.4. The number of nitriles is 1. The van der Waals surface area contributed by atoms with Crippen molar-refractivity contribution < 1.29 is 19.1 Å². The van der Waals surface area contributed by atoms with Crippen LogP contribution in [-0.2, 0) is 19.1 Å². The Morgan fingerprint density at radius 1 is 1.47 bits per heavy atom. The molecule has 1 amide bonds. The minimum Gasteiger partial charge on any atom is -0.467 e. The number of nitrogens with one attached hydrogen (secondary N) is 1. The summed E-state index contributed by atoms with van der Waals surface area (Å²) in [5.74, 6) is -0.869. The number of hydrogen-bond donors (Lipinski definition) is 1. The van der Waals surface area contributed by atoms with Crippen molar-refractivity contribution in [1.82, 2.24) is 5.32 Å². The quantitative estimate of drug-likeness (QED) is 0.491. The van der Waals surface area contributed by atoms with E-state index in [0.717, 1.165) is 0 Å². The topological polar surface area (TPSA) is 88.4 Å². The summed E-state index contributed by atoms with van der Waals surface area (Å²) in [5.41, 5.74) is 0. The molecule has 0 fully saturated rings. The molecule has 1 atom stereocenters. The highest BCUT2D eigenvalue weighted by atomic mass is 16.5. The number of methoxy groups -OCH3 is 1. The van der Waals surface area contributed by atoms with Gasteiger partial charge in [0.05, 0.1) is 13.2 Å². The second-order valence-corrected chi connectivity index (χ2v) is 3.33. The zero-order valence-corrected chi connectivity index (χ0v) is 10.2. The molecule has 0 aromatic carbocycles. The van der Waals surface area contributed by atoms with Crippen LogP contribution in [0.25, 0.3) is 0 Å². The molecule has 0 spiro atoms. The Bertz CT molecular complexity index is 286. The van der Waals surface area contributed by atoms with Gasteiger partial charge in [0.2, 0.25) is 5.91 Å². The number of unbranched alkanes of at least 4 members (excludes halogenated alkanes) is 1. The summed E-state index contributed by atoms with van der Waals surface area (Å²) in [4.78, 5) is 22.7. The van der Waals surface area contributed by atoms with Crippen LogP contribution in [0, 0.1) is 11.3 Å². The maximum absolute atomic E-state index is 11.4. The number of amides is 1. The molecule has 0 radical (unpaired) electrons. The van der Waals surface area contributed by atoms with Gasteiger partial charge in [-0.2, -0.15) is 5.26 Å². The molecule has 0 aromatic rings. The van der Waals surface area contributed by atoms with E-state index in [2.05, 4.69) is 10.1 Å². The third kappa shape index (κ3) is 7.30. The fourth-order valence-corrected chi connectivity index (χ4v) is 1.21. The second-order valence-electron chi connectivity index (χ2n) is 3.33. The van der Waals surface area contributed by atoms with Crippen LogP contribution in [0.1, 0.15) is 26.2 Å². The molecule has 0 heterocycles. The minimum atomic E-state index is -0.707. The summed E-state index contributed by atoms with van der Waals surface area (Å²) in [6, 6.07) is 1.27. The van der Waals surface area contributed by atoms with E-state index < -0.39 is 12.0 Å². The molecule has 0 unspecified atom stereocenters. The van der Waals surface area contributed by atoms with Gasteiger partial charge in [0.15, 0.2) is 0 Å². The first-order valence-corrected chi connectivity index (χ1v) is 5.47. The number of hydrogen-bond acceptors (Lipinski definition) is 5. The SMILES string of the molecule is CCOCC(=O)N[C@H](CCCC#N)C(=O)OC. The molecular weight excluding hydrogens is 224 g/mol. The largest absolute Gasteiger partial charge is 0.467 e. The maximum atomic E-state index is 11.4. The lowest BCUT2D eigenvalue weighted by molar-refractivity contribution is -0.145. The minimum absolute atomic E-state index is 0.0811. The lowest BCUT2D eigenvalue weighted by Crippen LogP contribution is -2.43. The first-order valence-electron chi connectivity index (χ1n) is 5.47. The molecule has 0 rings (SSSR count). The zero-order valence-electron chi connectivity index (χ0n) is 10.2. The third-order valence-corrected chi connectivity index (χ3v) is 2.04. The molecule has 0 aliphatic carbocycles. The monoisotopic (exact) mass is 242 g/mol. The highest BCUT2D eigenvalue weighted by Crippen LogP contribution is 2.02. The Morgan fingerprint density at radius 3 is 2.71 bits per heavy atom. The van der Waals surface area contributed by atoms with Crippen LogP contribution < -0.4 is 5.32 Å². The van der Waals surface area contributed by atoms with E-state index in [0.29, 0.717) is 25.9 Å². The van der Waals surface area contributed by atoms with Crippen molar-refractivity contribution in [1.29, 1.82) is 5.26 Å². The van der Waals surface area contributed by atoms with Crippen molar-refractivity contribution in [2.24, 2.45) is 0 Å². The van der Waals surface area contributed by atoms with Crippen molar-refractivity contribution in [3.63, 3.8) is 0 Å². The van der Waals surface area contributed by atoms with Gasteiger partial charge < -0.3 is 14.8 Å². The van der Waals surface area contributed by atoms with Crippen LogP contribution in [0.2, 0.25) is 0 Å². The van der Waals surface area contributed by atoms with Crippen molar-refractivity contribution >= 4 is 11.9 Å². The number of carbonyl (C=O) groups excluding carboxylic acids is 2. The number of nitrogens with zero attached hydrogens (tertiary/aromatic N) is 1. The molecule has 6 nitrogen and oxygen atoms in total. The van der Waals surface area contributed by atoms with Gasteiger partial charge in [0, 0.05) is 13.0 Å². The van der Waals surface area contributed by atoms with E-state index in [4.69, 9.17) is 10.00 Å². The fourth-order valence-electron chi connectivity index (χ4n) is 1.21. The molecule has 17 heavy (non-hydrogen) atoms. The molecule has 6 heteroatoms. The molecule has 0 aliphatic heterocycles. The van der Waals surface area contributed by atoms with E-state index >= 15 is 0 Å². The maximum Gasteiger partial charge on any atom is 0.328 e. The van der Waals surface area contributed by atoms with Crippen LogP contribution >= 0.6 is 0 Å². The van der Waals surface area contributed by atoms with Gasteiger partial charge in [-0.3, -0.25) is 4.79 Å². The highest BCUT2D eigenvalue weighted by molar-refractivity contribution is 5.84. The first kappa shape index (κ1) is 15.4. The summed E-state index contributed by atoms with van der Waals surface area (Å²) in [6.45, 7) is 2.13. The van der Waals surface area contributed by atoms with Gasteiger partial charge in [-0.15, -0.1) is 0 Å².